The van der Waals surface area contributed by atoms with E-state index in [1.807, 2.05) is 24.3 Å². The summed E-state index contributed by atoms with van der Waals surface area (Å²) in [5, 5.41) is 4.31. The van der Waals surface area contributed by atoms with Gasteiger partial charge in [-0.2, -0.15) is 0 Å². The highest BCUT2D eigenvalue weighted by atomic mass is 35.5. The van der Waals surface area contributed by atoms with E-state index < -0.39 is 0 Å². The van der Waals surface area contributed by atoms with Crippen molar-refractivity contribution in [1.29, 1.82) is 0 Å². The fourth-order valence-corrected chi connectivity index (χ4v) is 7.69. The molecule has 0 unspecified atom stereocenters. The molecule has 0 fully saturated rings. The quantitative estimate of drug-likeness (QED) is 0.153. The van der Waals surface area contributed by atoms with E-state index in [0.717, 1.165) is 50.6 Å². The van der Waals surface area contributed by atoms with Gasteiger partial charge in [0.1, 0.15) is 11.3 Å². The zero-order chi connectivity index (χ0) is 37.9. The Hall–Kier alpha value is -6.55. The van der Waals surface area contributed by atoms with E-state index >= 15 is 0 Å². The van der Waals surface area contributed by atoms with E-state index in [9.17, 15) is 0 Å². The standard InChI is InChI=1S/C37H26ClNO.C14H15N/c1-2-36-32(13-8-9-25-15-19-28(38)20-16-25)33-23-26(18-22-37(33)40-36)27-17-21-31-30-12-6-7-14-34(30)39(35(31)24-27)29-10-4-3-5-11-29;1-4-14-11(2)10-12(3)15(14)13-8-6-5-7-9-13/h2-8,10-24H,1,9H2;4-10H,1H2,2-3H3/b13-8-;. The molecule has 0 spiro atoms. The number of furan rings is 1. The highest BCUT2D eigenvalue weighted by Crippen LogP contribution is 2.37. The van der Waals surface area contributed by atoms with Gasteiger partial charge in [-0.15, -0.1) is 0 Å². The van der Waals surface area contributed by atoms with Crippen molar-refractivity contribution in [2.24, 2.45) is 0 Å². The largest absolute Gasteiger partial charge is 0.456 e. The molecule has 0 atom stereocenters. The third-order valence-corrected chi connectivity index (χ3v) is 10.4. The average molecular weight is 733 g/mol. The summed E-state index contributed by atoms with van der Waals surface area (Å²) in [7, 11) is 0. The number of halogens is 1. The fourth-order valence-electron chi connectivity index (χ4n) is 7.57. The molecule has 0 saturated carbocycles. The summed E-state index contributed by atoms with van der Waals surface area (Å²) < 4.78 is 10.7. The van der Waals surface area contributed by atoms with E-state index in [-0.39, 0.29) is 0 Å². The molecule has 3 aromatic heterocycles. The SMILES string of the molecule is C=Cc1c(C)cc(C)n1-c1ccccc1.C=Cc1oc2ccc(-c3ccc4c5ccccc5n(-c5ccccc5)c4c3)cc2c1/C=C\Cc1ccc(Cl)cc1. The number of allylic oxidation sites excluding steroid dienone is 1. The first-order valence-electron chi connectivity index (χ1n) is 18.5. The lowest BCUT2D eigenvalue weighted by molar-refractivity contribution is 0.603. The Kier molecular flexibility index (Phi) is 9.95. The molecular weight excluding hydrogens is 692 g/mol. The first-order valence-corrected chi connectivity index (χ1v) is 18.9. The minimum Gasteiger partial charge on any atom is -0.456 e. The molecule has 55 heavy (non-hydrogen) atoms. The molecule has 4 heteroatoms. The molecule has 3 heterocycles. The summed E-state index contributed by atoms with van der Waals surface area (Å²) in [6.07, 6.45) is 8.80. The van der Waals surface area contributed by atoms with Gasteiger partial charge in [-0.1, -0.05) is 122 Å². The smallest absolute Gasteiger partial charge is 0.135 e. The molecule has 0 N–H and O–H groups in total. The molecular formula is C51H41ClN2O. The summed E-state index contributed by atoms with van der Waals surface area (Å²) >= 11 is 6.05. The van der Waals surface area contributed by atoms with E-state index in [1.165, 1.54) is 50.0 Å². The molecule has 6 aromatic carbocycles. The molecule has 0 aliphatic carbocycles. The molecule has 0 radical (unpaired) electrons. The van der Waals surface area contributed by atoms with Gasteiger partial charge in [-0.25, -0.2) is 0 Å². The van der Waals surface area contributed by atoms with Crippen LogP contribution in [0, 0.1) is 13.8 Å². The highest BCUT2D eigenvalue weighted by Gasteiger charge is 2.15. The maximum atomic E-state index is 6.15. The second kappa shape index (κ2) is 15.4. The molecule has 0 saturated heterocycles. The van der Waals surface area contributed by atoms with Gasteiger partial charge in [-0.05, 0) is 121 Å². The van der Waals surface area contributed by atoms with Gasteiger partial charge in [0, 0.05) is 49.5 Å². The average Bonchev–Trinajstić information content (AvgIpc) is 3.86. The van der Waals surface area contributed by atoms with E-state index in [0.29, 0.717) is 0 Å². The number of aromatic nitrogens is 2. The van der Waals surface area contributed by atoms with Crippen LogP contribution in [-0.4, -0.2) is 9.13 Å². The van der Waals surface area contributed by atoms with Crippen molar-refractivity contribution in [3.05, 3.63) is 210 Å². The van der Waals surface area contributed by atoms with Crippen molar-refractivity contribution in [1.82, 2.24) is 9.13 Å². The molecule has 0 bridgehead atoms. The number of para-hydroxylation sites is 3. The summed E-state index contributed by atoms with van der Waals surface area (Å²) in [4.78, 5) is 0. The molecule has 0 aliphatic heterocycles. The summed E-state index contributed by atoms with van der Waals surface area (Å²) in [5.74, 6) is 0.777. The number of aryl methyl sites for hydroxylation is 2. The van der Waals surface area contributed by atoms with Crippen LogP contribution in [0.4, 0.5) is 0 Å². The molecule has 0 aliphatic rings. The molecule has 9 rings (SSSR count). The summed E-state index contributed by atoms with van der Waals surface area (Å²) in [6.45, 7) is 12.1. The second-order valence-electron chi connectivity index (χ2n) is 13.7. The van der Waals surface area contributed by atoms with Gasteiger partial charge in [0.2, 0.25) is 0 Å². The molecule has 268 valence electrons. The first-order chi connectivity index (χ1) is 26.9. The van der Waals surface area contributed by atoms with Crippen molar-refractivity contribution < 1.29 is 4.42 Å². The highest BCUT2D eigenvalue weighted by molar-refractivity contribution is 6.30. The molecule has 9 aromatic rings. The van der Waals surface area contributed by atoms with Crippen molar-refractivity contribution >= 4 is 62.6 Å². The lowest BCUT2D eigenvalue weighted by Gasteiger charge is -2.09. The third-order valence-electron chi connectivity index (χ3n) is 10.1. The maximum Gasteiger partial charge on any atom is 0.135 e. The van der Waals surface area contributed by atoms with Crippen LogP contribution in [0.3, 0.4) is 0 Å². The third kappa shape index (κ3) is 6.99. The van der Waals surface area contributed by atoms with Gasteiger partial charge in [0.25, 0.3) is 0 Å². The normalized spacial score (nSPS) is 11.3. The minimum absolute atomic E-state index is 0.748. The van der Waals surface area contributed by atoms with Crippen LogP contribution in [0.1, 0.15) is 33.8 Å². The number of rotatable bonds is 8. The number of benzene rings is 6. The van der Waals surface area contributed by atoms with Gasteiger partial charge in [-0.3, -0.25) is 0 Å². The number of nitrogens with zero attached hydrogens (tertiary/aromatic N) is 2. The first kappa shape index (κ1) is 35.5. The summed E-state index contributed by atoms with van der Waals surface area (Å²) in [6, 6.07) is 52.8. The predicted molar refractivity (Wildman–Crippen MR) is 236 cm³/mol. The van der Waals surface area contributed by atoms with Gasteiger partial charge < -0.3 is 13.6 Å². The van der Waals surface area contributed by atoms with Gasteiger partial charge >= 0.3 is 0 Å². The molecule has 3 nitrogen and oxygen atoms in total. The van der Waals surface area contributed by atoms with E-state index in [4.69, 9.17) is 16.0 Å². The maximum absolute atomic E-state index is 6.15. The van der Waals surface area contributed by atoms with E-state index in [2.05, 4.69) is 182 Å². The lowest BCUT2D eigenvalue weighted by Crippen LogP contribution is -1.98. The van der Waals surface area contributed by atoms with Gasteiger partial charge in [0.15, 0.2) is 0 Å². The van der Waals surface area contributed by atoms with Crippen LogP contribution < -0.4 is 0 Å². The summed E-state index contributed by atoms with van der Waals surface area (Å²) in [5.41, 5.74) is 13.8. The van der Waals surface area contributed by atoms with Crippen LogP contribution >= 0.6 is 11.6 Å². The zero-order valence-electron chi connectivity index (χ0n) is 31.0. The Labute approximate surface area is 327 Å². The Morgan fingerprint density at radius 2 is 1.24 bits per heavy atom. The topological polar surface area (TPSA) is 23.0 Å². The molecule has 0 amide bonds. The van der Waals surface area contributed by atoms with Crippen LogP contribution in [0.15, 0.2) is 175 Å². The van der Waals surface area contributed by atoms with Crippen LogP contribution in [0.25, 0.3) is 73.5 Å². The van der Waals surface area contributed by atoms with E-state index in [1.54, 1.807) is 6.08 Å². The fraction of sp³-hybridized carbons (Fsp3) is 0.0588. The minimum atomic E-state index is 0.748. The zero-order valence-corrected chi connectivity index (χ0v) is 31.8. The Morgan fingerprint density at radius 3 is 1.95 bits per heavy atom. The monoisotopic (exact) mass is 732 g/mol. The number of hydrogen-bond donors (Lipinski definition) is 0. The Balaban J connectivity index is 0.000000239. The van der Waals surface area contributed by atoms with Crippen molar-refractivity contribution in [2.75, 3.05) is 0 Å². The number of fused-ring (bicyclic) bond motifs is 4. The van der Waals surface area contributed by atoms with Crippen LogP contribution in [0.5, 0.6) is 0 Å². The number of hydrogen-bond acceptors (Lipinski definition) is 1. The Morgan fingerprint density at radius 1 is 0.600 bits per heavy atom. The van der Waals surface area contributed by atoms with Crippen LogP contribution in [-0.2, 0) is 6.42 Å². The van der Waals surface area contributed by atoms with Crippen molar-refractivity contribution in [2.45, 2.75) is 20.3 Å². The second-order valence-corrected chi connectivity index (χ2v) is 14.1. The lowest BCUT2D eigenvalue weighted by atomic mass is 10.00. The van der Waals surface area contributed by atoms with Gasteiger partial charge in [0.05, 0.1) is 11.0 Å². The Bertz CT molecular complexity index is 2830. The van der Waals surface area contributed by atoms with Crippen LogP contribution in [0.2, 0.25) is 5.02 Å². The van der Waals surface area contributed by atoms with Crippen molar-refractivity contribution in [3.8, 4) is 22.5 Å². The predicted octanol–water partition coefficient (Wildman–Crippen LogP) is 14.5. The van der Waals surface area contributed by atoms with Crippen molar-refractivity contribution in [3.63, 3.8) is 0 Å².